The standard InChI is InChI=1S/C15H20N2O2S.ClH/c1-11-14(20-15(17-11)19-3)10-16-9-8-12-4-6-13(18-2)7-5-12;/h4-7,16H,8-10H2,1-3H3;1H. The van der Waals surface area contributed by atoms with Gasteiger partial charge in [0, 0.05) is 11.4 Å². The van der Waals surface area contributed by atoms with Gasteiger partial charge in [-0.25, -0.2) is 4.98 Å². The van der Waals surface area contributed by atoms with Gasteiger partial charge in [-0.05, 0) is 37.6 Å². The summed E-state index contributed by atoms with van der Waals surface area (Å²) in [7, 11) is 3.33. The van der Waals surface area contributed by atoms with Crippen LogP contribution in [0.25, 0.3) is 0 Å². The Morgan fingerprint density at radius 2 is 1.86 bits per heavy atom. The maximum absolute atomic E-state index is 5.15. The van der Waals surface area contributed by atoms with Crippen molar-refractivity contribution in [3.8, 4) is 10.9 Å². The fourth-order valence-corrected chi connectivity index (χ4v) is 2.72. The first kappa shape index (κ1) is 17.8. The molecule has 0 atom stereocenters. The number of methoxy groups -OCH3 is 2. The van der Waals surface area contributed by atoms with E-state index in [0.717, 1.165) is 36.1 Å². The van der Waals surface area contributed by atoms with Crippen LogP contribution in [0.3, 0.4) is 0 Å². The first-order valence-electron chi connectivity index (χ1n) is 6.57. The summed E-state index contributed by atoms with van der Waals surface area (Å²) in [5.74, 6) is 0.897. The Morgan fingerprint density at radius 1 is 1.14 bits per heavy atom. The fourth-order valence-electron chi connectivity index (χ4n) is 1.88. The zero-order chi connectivity index (χ0) is 14.4. The summed E-state index contributed by atoms with van der Waals surface area (Å²) >= 11 is 1.60. The summed E-state index contributed by atoms with van der Waals surface area (Å²) in [4.78, 5) is 5.56. The molecule has 2 aromatic rings. The highest BCUT2D eigenvalue weighted by atomic mass is 35.5. The van der Waals surface area contributed by atoms with E-state index in [2.05, 4.69) is 22.4 Å². The van der Waals surface area contributed by atoms with E-state index in [4.69, 9.17) is 9.47 Å². The molecule has 2 rings (SSSR count). The van der Waals surface area contributed by atoms with E-state index in [0.29, 0.717) is 0 Å². The third-order valence-electron chi connectivity index (χ3n) is 3.08. The number of aryl methyl sites for hydroxylation is 1. The summed E-state index contributed by atoms with van der Waals surface area (Å²) in [6, 6.07) is 8.18. The van der Waals surface area contributed by atoms with Crippen LogP contribution in [0, 0.1) is 6.92 Å². The van der Waals surface area contributed by atoms with Crippen molar-refractivity contribution in [2.45, 2.75) is 19.9 Å². The Hall–Kier alpha value is -1.30. The minimum absolute atomic E-state index is 0. The Labute approximate surface area is 135 Å². The van der Waals surface area contributed by atoms with Crippen LogP contribution in [0.15, 0.2) is 24.3 Å². The highest BCUT2D eigenvalue weighted by molar-refractivity contribution is 7.13. The van der Waals surface area contributed by atoms with Gasteiger partial charge in [0.15, 0.2) is 0 Å². The molecule has 0 aliphatic carbocycles. The molecule has 6 heteroatoms. The molecule has 4 nitrogen and oxygen atoms in total. The van der Waals surface area contributed by atoms with E-state index in [1.807, 2.05) is 19.1 Å². The van der Waals surface area contributed by atoms with Crippen molar-refractivity contribution in [3.05, 3.63) is 40.4 Å². The molecule has 0 unspecified atom stereocenters. The largest absolute Gasteiger partial charge is 0.497 e. The number of hydrogen-bond donors (Lipinski definition) is 1. The SMILES string of the molecule is COc1ccc(CCNCc2sc(OC)nc2C)cc1.Cl. The zero-order valence-electron chi connectivity index (χ0n) is 12.5. The Kier molecular flexibility index (Phi) is 7.50. The average Bonchev–Trinajstić information content (AvgIpc) is 2.85. The molecular weight excluding hydrogens is 308 g/mol. The van der Waals surface area contributed by atoms with Crippen molar-refractivity contribution in [3.63, 3.8) is 0 Å². The van der Waals surface area contributed by atoms with Crippen LogP contribution < -0.4 is 14.8 Å². The minimum Gasteiger partial charge on any atom is -0.497 e. The van der Waals surface area contributed by atoms with Crippen LogP contribution in [0.5, 0.6) is 10.9 Å². The lowest BCUT2D eigenvalue weighted by Gasteiger charge is -2.05. The van der Waals surface area contributed by atoms with Gasteiger partial charge in [-0.1, -0.05) is 23.5 Å². The smallest absolute Gasteiger partial charge is 0.273 e. The molecular formula is C15H21ClN2O2S. The third kappa shape index (κ3) is 5.19. The second kappa shape index (κ2) is 8.87. The van der Waals surface area contributed by atoms with Crippen LogP contribution >= 0.6 is 23.7 Å². The number of benzene rings is 1. The van der Waals surface area contributed by atoms with Crippen molar-refractivity contribution in [1.82, 2.24) is 10.3 Å². The number of hydrogen-bond acceptors (Lipinski definition) is 5. The zero-order valence-corrected chi connectivity index (χ0v) is 14.1. The number of nitrogens with one attached hydrogen (secondary N) is 1. The second-order valence-electron chi connectivity index (χ2n) is 4.47. The molecule has 0 aliphatic heterocycles. The summed E-state index contributed by atoms with van der Waals surface area (Å²) in [6.07, 6.45) is 0.999. The lowest BCUT2D eigenvalue weighted by Crippen LogP contribution is -2.16. The number of halogens is 1. The maximum atomic E-state index is 5.15. The molecule has 1 heterocycles. The molecule has 0 aliphatic rings. The molecule has 0 bridgehead atoms. The van der Waals surface area contributed by atoms with Gasteiger partial charge in [0.2, 0.25) is 0 Å². The van der Waals surface area contributed by atoms with Gasteiger partial charge >= 0.3 is 0 Å². The van der Waals surface area contributed by atoms with Gasteiger partial charge in [-0.2, -0.15) is 0 Å². The predicted molar refractivity (Wildman–Crippen MR) is 89.1 cm³/mol. The van der Waals surface area contributed by atoms with Crippen LogP contribution in [0.2, 0.25) is 0 Å². The maximum Gasteiger partial charge on any atom is 0.273 e. The molecule has 0 saturated carbocycles. The molecule has 21 heavy (non-hydrogen) atoms. The van der Waals surface area contributed by atoms with E-state index in [-0.39, 0.29) is 12.4 Å². The Balaban J connectivity index is 0.00000220. The van der Waals surface area contributed by atoms with E-state index in [9.17, 15) is 0 Å². The second-order valence-corrected chi connectivity index (χ2v) is 5.51. The Morgan fingerprint density at radius 3 is 2.43 bits per heavy atom. The van der Waals surface area contributed by atoms with Crippen molar-refractivity contribution in [2.75, 3.05) is 20.8 Å². The lowest BCUT2D eigenvalue weighted by atomic mass is 10.1. The lowest BCUT2D eigenvalue weighted by molar-refractivity contribution is 0.411. The number of rotatable bonds is 7. The summed E-state index contributed by atoms with van der Waals surface area (Å²) in [5, 5.41) is 4.17. The molecule has 0 radical (unpaired) electrons. The van der Waals surface area contributed by atoms with Crippen molar-refractivity contribution >= 4 is 23.7 Å². The van der Waals surface area contributed by atoms with E-state index < -0.39 is 0 Å². The van der Waals surface area contributed by atoms with Gasteiger partial charge in [-0.3, -0.25) is 0 Å². The molecule has 1 N–H and O–H groups in total. The van der Waals surface area contributed by atoms with Crippen molar-refractivity contribution in [1.29, 1.82) is 0 Å². The number of aromatic nitrogens is 1. The summed E-state index contributed by atoms with van der Waals surface area (Å²) < 4.78 is 10.3. The summed E-state index contributed by atoms with van der Waals surface area (Å²) in [6.45, 7) is 3.79. The topological polar surface area (TPSA) is 43.4 Å². The summed E-state index contributed by atoms with van der Waals surface area (Å²) in [5.41, 5.74) is 2.35. The first-order chi connectivity index (χ1) is 9.72. The van der Waals surface area contributed by atoms with Crippen molar-refractivity contribution < 1.29 is 9.47 Å². The van der Waals surface area contributed by atoms with Crippen LogP contribution in [0.4, 0.5) is 0 Å². The van der Waals surface area contributed by atoms with Gasteiger partial charge in [0.25, 0.3) is 5.19 Å². The number of ether oxygens (including phenoxy) is 2. The predicted octanol–water partition coefficient (Wildman–Crippen LogP) is 3.22. The van der Waals surface area contributed by atoms with Gasteiger partial charge in [-0.15, -0.1) is 12.4 Å². The minimum atomic E-state index is 0. The molecule has 1 aromatic carbocycles. The number of nitrogens with zero attached hydrogens (tertiary/aromatic N) is 1. The fraction of sp³-hybridized carbons (Fsp3) is 0.400. The molecule has 0 spiro atoms. The van der Waals surface area contributed by atoms with E-state index >= 15 is 0 Å². The molecule has 0 saturated heterocycles. The average molecular weight is 329 g/mol. The van der Waals surface area contributed by atoms with Gasteiger partial charge in [0.05, 0.1) is 19.9 Å². The quantitative estimate of drug-likeness (QED) is 0.792. The highest BCUT2D eigenvalue weighted by Gasteiger charge is 2.06. The van der Waals surface area contributed by atoms with Crippen LogP contribution in [0.1, 0.15) is 16.1 Å². The highest BCUT2D eigenvalue weighted by Crippen LogP contribution is 2.23. The van der Waals surface area contributed by atoms with E-state index in [1.54, 1.807) is 25.6 Å². The molecule has 1 aromatic heterocycles. The molecule has 116 valence electrons. The van der Waals surface area contributed by atoms with Gasteiger partial charge < -0.3 is 14.8 Å². The van der Waals surface area contributed by atoms with Crippen LogP contribution in [-0.4, -0.2) is 25.7 Å². The van der Waals surface area contributed by atoms with E-state index in [1.165, 1.54) is 10.4 Å². The van der Waals surface area contributed by atoms with Crippen molar-refractivity contribution in [2.24, 2.45) is 0 Å². The van der Waals surface area contributed by atoms with Gasteiger partial charge in [0.1, 0.15) is 5.75 Å². The first-order valence-corrected chi connectivity index (χ1v) is 7.38. The molecule has 0 fully saturated rings. The third-order valence-corrected chi connectivity index (χ3v) is 4.20. The van der Waals surface area contributed by atoms with Crippen LogP contribution in [-0.2, 0) is 13.0 Å². The normalized spacial score (nSPS) is 10.0. The number of thiazole rings is 1. The molecule has 0 amide bonds. The Bertz CT molecular complexity index is 543. The monoisotopic (exact) mass is 328 g/mol.